The Morgan fingerprint density at radius 1 is 1.21 bits per heavy atom. The molecule has 1 atom stereocenters. The van der Waals surface area contributed by atoms with Gasteiger partial charge in [-0.25, -0.2) is 0 Å². The number of rotatable bonds is 2. The fourth-order valence-electron chi connectivity index (χ4n) is 4.15. The first-order valence-electron chi connectivity index (χ1n) is 8.41. The minimum Gasteiger partial charge on any atom is -0.365 e. The van der Waals surface area contributed by atoms with E-state index in [0.29, 0.717) is 17.2 Å². The minimum atomic E-state index is 0. The predicted molar refractivity (Wildman–Crippen MR) is 99.1 cm³/mol. The lowest BCUT2D eigenvalue weighted by molar-refractivity contribution is -0.133. The van der Waals surface area contributed by atoms with Gasteiger partial charge in [0.2, 0.25) is 5.91 Å². The van der Waals surface area contributed by atoms with Gasteiger partial charge in [-0.2, -0.15) is 5.10 Å². The van der Waals surface area contributed by atoms with E-state index in [9.17, 15) is 4.79 Å². The number of amides is 1. The molecule has 1 unspecified atom stereocenters. The summed E-state index contributed by atoms with van der Waals surface area (Å²) < 4.78 is 1.83. The normalized spacial score (nSPS) is 25.0. The van der Waals surface area contributed by atoms with E-state index in [1.54, 1.807) is 0 Å². The zero-order chi connectivity index (χ0) is 15.2. The van der Waals surface area contributed by atoms with Crippen molar-refractivity contribution >= 4 is 36.4 Å². The summed E-state index contributed by atoms with van der Waals surface area (Å²) in [6.07, 6.45) is 7.43. The molecule has 8 heteroatoms. The zero-order valence-electron chi connectivity index (χ0n) is 14.1. The third-order valence-corrected chi connectivity index (χ3v) is 5.73. The number of carbonyl (C=O) groups excluding carboxylic acids is 1. The minimum absolute atomic E-state index is 0. The maximum atomic E-state index is 12.8. The second kappa shape index (κ2) is 7.50. The lowest BCUT2D eigenvalue weighted by Crippen LogP contribution is -2.49. The average molecular weight is 376 g/mol. The van der Waals surface area contributed by atoms with Crippen molar-refractivity contribution in [3.8, 4) is 0 Å². The number of nitrogens with zero attached hydrogens (tertiary/aromatic N) is 4. The third-order valence-electron chi connectivity index (χ3n) is 5.73. The molecule has 0 radical (unpaired) electrons. The smallest absolute Gasteiger partial charge is 0.226 e. The monoisotopic (exact) mass is 375 g/mol. The van der Waals surface area contributed by atoms with Gasteiger partial charge in [-0.1, -0.05) is 0 Å². The highest BCUT2D eigenvalue weighted by Gasteiger charge is 2.58. The molecule has 2 aliphatic heterocycles. The van der Waals surface area contributed by atoms with Crippen LogP contribution in [-0.2, 0) is 11.8 Å². The number of halogens is 2. The van der Waals surface area contributed by atoms with Crippen molar-refractivity contribution in [2.45, 2.75) is 19.3 Å². The van der Waals surface area contributed by atoms with Crippen molar-refractivity contribution in [2.24, 2.45) is 18.4 Å². The summed E-state index contributed by atoms with van der Waals surface area (Å²) in [5.74, 6) is 0.715. The zero-order valence-corrected chi connectivity index (χ0v) is 15.7. The number of anilines is 1. The van der Waals surface area contributed by atoms with Gasteiger partial charge in [-0.05, 0) is 37.8 Å². The van der Waals surface area contributed by atoms with Crippen LogP contribution in [0.25, 0.3) is 0 Å². The molecule has 4 rings (SSSR count). The number of aromatic nitrogens is 2. The van der Waals surface area contributed by atoms with E-state index < -0.39 is 0 Å². The first-order chi connectivity index (χ1) is 10.7. The fourth-order valence-corrected chi connectivity index (χ4v) is 4.15. The van der Waals surface area contributed by atoms with Gasteiger partial charge < -0.3 is 15.1 Å². The lowest BCUT2D eigenvalue weighted by atomic mass is 9.91. The molecule has 1 aliphatic carbocycles. The molecule has 1 aromatic rings. The molecule has 1 saturated carbocycles. The molecule has 3 fully saturated rings. The molecule has 1 amide bonds. The van der Waals surface area contributed by atoms with E-state index >= 15 is 0 Å². The summed E-state index contributed by atoms with van der Waals surface area (Å²) in [5, 5.41) is 7.64. The van der Waals surface area contributed by atoms with Crippen LogP contribution in [0.15, 0.2) is 12.4 Å². The standard InChI is InChI=1S/C16H25N5O.2ClH/c1-19-12-13(11-18-19)20-6-8-21(9-7-20)15(22)14-10-16(14)2-4-17-5-3-16;;/h11-12,14,17H,2-10H2,1H3;2*1H. The summed E-state index contributed by atoms with van der Waals surface area (Å²) in [4.78, 5) is 17.2. The second-order valence-electron chi connectivity index (χ2n) is 7.05. The van der Waals surface area contributed by atoms with Crippen molar-refractivity contribution in [2.75, 3.05) is 44.2 Å². The molecule has 6 nitrogen and oxygen atoms in total. The van der Waals surface area contributed by atoms with E-state index in [1.807, 2.05) is 24.1 Å². The maximum absolute atomic E-state index is 12.8. The van der Waals surface area contributed by atoms with Gasteiger partial charge in [0.25, 0.3) is 0 Å². The Labute approximate surface area is 155 Å². The lowest BCUT2D eigenvalue weighted by Gasteiger charge is -2.36. The van der Waals surface area contributed by atoms with Crippen molar-refractivity contribution in [3.63, 3.8) is 0 Å². The third kappa shape index (κ3) is 3.51. The van der Waals surface area contributed by atoms with Gasteiger partial charge in [-0.3, -0.25) is 9.48 Å². The number of hydrogen-bond acceptors (Lipinski definition) is 4. The summed E-state index contributed by atoms with van der Waals surface area (Å²) in [6.45, 7) is 5.69. The SMILES string of the molecule is Cl.Cl.Cn1cc(N2CCN(C(=O)C3CC34CCNCC4)CC2)cn1. The molecule has 3 aliphatic rings. The second-order valence-corrected chi connectivity index (χ2v) is 7.05. The van der Waals surface area contributed by atoms with Gasteiger partial charge in [0.1, 0.15) is 0 Å². The van der Waals surface area contributed by atoms with E-state index in [-0.39, 0.29) is 24.8 Å². The molecule has 3 heterocycles. The summed E-state index contributed by atoms with van der Waals surface area (Å²) in [6, 6.07) is 0. The topological polar surface area (TPSA) is 53.4 Å². The maximum Gasteiger partial charge on any atom is 0.226 e. The van der Waals surface area contributed by atoms with Gasteiger partial charge in [0.05, 0.1) is 11.9 Å². The van der Waals surface area contributed by atoms with Gasteiger partial charge in [0.15, 0.2) is 0 Å². The Balaban J connectivity index is 0.00000104. The molecule has 1 spiro atoms. The van der Waals surface area contributed by atoms with Crippen LogP contribution in [-0.4, -0.2) is 59.9 Å². The first-order valence-corrected chi connectivity index (χ1v) is 8.41. The molecule has 136 valence electrons. The predicted octanol–water partition coefficient (Wildman–Crippen LogP) is 1.30. The van der Waals surface area contributed by atoms with Crippen LogP contribution < -0.4 is 10.2 Å². The van der Waals surface area contributed by atoms with E-state index in [2.05, 4.69) is 20.2 Å². The van der Waals surface area contributed by atoms with Crippen LogP contribution in [0.5, 0.6) is 0 Å². The number of carbonyl (C=O) groups is 1. The molecule has 24 heavy (non-hydrogen) atoms. The van der Waals surface area contributed by atoms with Gasteiger partial charge in [0, 0.05) is 45.3 Å². The summed E-state index contributed by atoms with van der Waals surface area (Å²) >= 11 is 0. The Hall–Kier alpha value is -0.980. The molecule has 0 aromatic carbocycles. The van der Waals surface area contributed by atoms with Crippen LogP contribution >= 0.6 is 24.8 Å². The highest BCUT2D eigenvalue weighted by molar-refractivity contribution is 5.85. The largest absolute Gasteiger partial charge is 0.365 e. The average Bonchev–Trinajstić information content (AvgIpc) is 3.05. The van der Waals surface area contributed by atoms with Crippen LogP contribution in [0.2, 0.25) is 0 Å². The number of aryl methyl sites for hydroxylation is 1. The van der Waals surface area contributed by atoms with Crippen LogP contribution in [0.4, 0.5) is 5.69 Å². The Morgan fingerprint density at radius 2 is 1.88 bits per heavy atom. The first kappa shape index (κ1) is 19.3. The Bertz CT molecular complexity index is 565. The molecule has 0 bridgehead atoms. The van der Waals surface area contributed by atoms with Crippen molar-refractivity contribution < 1.29 is 4.79 Å². The van der Waals surface area contributed by atoms with Crippen molar-refractivity contribution in [3.05, 3.63) is 12.4 Å². The fraction of sp³-hybridized carbons (Fsp3) is 0.750. The van der Waals surface area contributed by atoms with Gasteiger partial charge >= 0.3 is 0 Å². The Morgan fingerprint density at radius 3 is 2.46 bits per heavy atom. The van der Waals surface area contributed by atoms with Crippen molar-refractivity contribution in [1.82, 2.24) is 20.0 Å². The number of hydrogen-bond donors (Lipinski definition) is 1. The Kier molecular flexibility index (Phi) is 6.04. The number of piperidine rings is 1. The molecular weight excluding hydrogens is 349 g/mol. The van der Waals surface area contributed by atoms with E-state index in [4.69, 9.17) is 0 Å². The summed E-state index contributed by atoms with van der Waals surface area (Å²) in [7, 11) is 1.94. The van der Waals surface area contributed by atoms with Crippen LogP contribution in [0, 0.1) is 11.3 Å². The van der Waals surface area contributed by atoms with E-state index in [1.165, 1.54) is 12.8 Å². The van der Waals surface area contributed by atoms with Crippen LogP contribution in [0.1, 0.15) is 19.3 Å². The number of nitrogens with one attached hydrogen (secondary N) is 1. The molecule has 1 N–H and O–H groups in total. The van der Waals surface area contributed by atoms with Gasteiger partial charge in [-0.15, -0.1) is 24.8 Å². The highest BCUT2D eigenvalue weighted by Crippen LogP contribution is 2.59. The van der Waals surface area contributed by atoms with Crippen LogP contribution in [0.3, 0.4) is 0 Å². The quantitative estimate of drug-likeness (QED) is 0.846. The molecular formula is C16H27Cl2N5O. The van der Waals surface area contributed by atoms with E-state index in [0.717, 1.165) is 51.4 Å². The molecule has 2 saturated heterocycles. The molecule has 1 aromatic heterocycles. The summed E-state index contributed by atoms with van der Waals surface area (Å²) in [5.41, 5.74) is 1.51. The number of piperazine rings is 1. The van der Waals surface area contributed by atoms with Crippen molar-refractivity contribution in [1.29, 1.82) is 0 Å². The highest BCUT2D eigenvalue weighted by atomic mass is 35.5.